The Balaban J connectivity index is 1.62. The van der Waals surface area contributed by atoms with Crippen LogP contribution in [0.25, 0.3) is 11.8 Å². The summed E-state index contributed by atoms with van der Waals surface area (Å²) in [6.45, 7) is 1.83. The normalized spacial score (nSPS) is 14.7. The number of aromatic nitrogens is 2. The fourth-order valence-corrected chi connectivity index (χ4v) is 2.94. The monoisotopic (exact) mass is 401 g/mol. The Kier molecular flexibility index (Phi) is 5.43. The van der Waals surface area contributed by atoms with E-state index in [4.69, 9.17) is 9.47 Å². The zero-order valence-electron chi connectivity index (χ0n) is 16.2. The molecule has 0 fully saturated rings. The molecule has 2 aromatic carbocycles. The smallest absolute Gasteiger partial charge is 0.347 e. The minimum atomic E-state index is -0.732. The number of carbonyl (C=O) groups excluding carboxylic acids is 2. The number of hydrogen-bond acceptors (Lipinski definition) is 6. The topological polar surface area (TPSA) is 82.4 Å². The molecule has 4 rings (SSSR count). The van der Waals surface area contributed by atoms with E-state index in [1.807, 2.05) is 48.5 Å². The average Bonchev–Trinajstić information content (AvgIpc) is 3.35. The summed E-state index contributed by atoms with van der Waals surface area (Å²) in [5, 5.41) is 7.29. The highest BCUT2D eigenvalue weighted by atomic mass is 16.5. The van der Waals surface area contributed by atoms with Crippen molar-refractivity contribution in [1.29, 1.82) is 0 Å². The van der Waals surface area contributed by atoms with Gasteiger partial charge in [-0.05, 0) is 37.3 Å². The Morgan fingerprint density at radius 2 is 1.83 bits per heavy atom. The molecule has 0 unspecified atom stereocenters. The SMILES string of the molecule is CCOC(=O)C1=C(Nc2ccccc2)O/C(=C\c2cnn(-c3ccccc3)c2)C1=O. The molecule has 1 aliphatic rings. The predicted octanol–water partition coefficient (Wildman–Crippen LogP) is 3.70. The highest BCUT2D eigenvalue weighted by Crippen LogP contribution is 2.28. The quantitative estimate of drug-likeness (QED) is 0.385. The Bertz CT molecular complexity index is 1130. The van der Waals surface area contributed by atoms with Gasteiger partial charge < -0.3 is 14.8 Å². The molecule has 0 saturated carbocycles. The Morgan fingerprint density at radius 1 is 1.13 bits per heavy atom. The maximum atomic E-state index is 12.9. The van der Waals surface area contributed by atoms with E-state index in [1.165, 1.54) is 0 Å². The molecule has 0 atom stereocenters. The van der Waals surface area contributed by atoms with Gasteiger partial charge in [0.25, 0.3) is 0 Å². The molecule has 150 valence electrons. The van der Waals surface area contributed by atoms with Crippen LogP contribution in [0.4, 0.5) is 5.69 Å². The van der Waals surface area contributed by atoms with Crippen molar-refractivity contribution >= 4 is 23.5 Å². The molecule has 2 heterocycles. The van der Waals surface area contributed by atoms with Gasteiger partial charge in [0, 0.05) is 17.4 Å². The molecular weight excluding hydrogens is 382 g/mol. The number of nitrogens with zero attached hydrogens (tertiary/aromatic N) is 2. The molecule has 1 aliphatic heterocycles. The molecule has 0 amide bonds. The van der Waals surface area contributed by atoms with Crippen LogP contribution in [0.1, 0.15) is 12.5 Å². The molecule has 0 radical (unpaired) electrons. The van der Waals surface area contributed by atoms with Gasteiger partial charge in [-0.3, -0.25) is 4.79 Å². The first-order valence-electron chi connectivity index (χ1n) is 9.43. The van der Waals surface area contributed by atoms with Crippen LogP contribution in [0, 0.1) is 0 Å². The zero-order chi connectivity index (χ0) is 20.9. The van der Waals surface area contributed by atoms with Gasteiger partial charge in [-0.1, -0.05) is 36.4 Å². The van der Waals surface area contributed by atoms with Crippen LogP contribution < -0.4 is 5.32 Å². The van der Waals surface area contributed by atoms with Gasteiger partial charge in [0.15, 0.2) is 11.3 Å². The van der Waals surface area contributed by atoms with Crippen LogP contribution in [0.3, 0.4) is 0 Å². The van der Waals surface area contributed by atoms with Crippen LogP contribution in [0.5, 0.6) is 0 Å². The van der Waals surface area contributed by atoms with E-state index in [-0.39, 0.29) is 23.8 Å². The third-order valence-electron chi connectivity index (χ3n) is 4.32. The molecule has 0 aliphatic carbocycles. The first kappa shape index (κ1) is 19.2. The minimum absolute atomic E-state index is 0.0177. The van der Waals surface area contributed by atoms with Crippen molar-refractivity contribution in [3.8, 4) is 5.69 Å². The maximum absolute atomic E-state index is 12.9. The van der Waals surface area contributed by atoms with Gasteiger partial charge >= 0.3 is 5.97 Å². The van der Waals surface area contributed by atoms with E-state index in [9.17, 15) is 9.59 Å². The third kappa shape index (κ3) is 4.00. The number of hydrogen-bond donors (Lipinski definition) is 1. The van der Waals surface area contributed by atoms with Crippen LogP contribution in [-0.2, 0) is 19.1 Å². The Labute approximate surface area is 173 Å². The number of benzene rings is 2. The third-order valence-corrected chi connectivity index (χ3v) is 4.32. The van der Waals surface area contributed by atoms with Crippen LogP contribution in [-0.4, -0.2) is 28.1 Å². The number of rotatable bonds is 6. The van der Waals surface area contributed by atoms with Crippen molar-refractivity contribution in [3.63, 3.8) is 0 Å². The lowest BCUT2D eigenvalue weighted by molar-refractivity contribution is -0.139. The average molecular weight is 401 g/mol. The Morgan fingerprint density at radius 3 is 2.53 bits per heavy atom. The van der Waals surface area contributed by atoms with Crippen LogP contribution >= 0.6 is 0 Å². The van der Waals surface area contributed by atoms with Crippen LogP contribution in [0.2, 0.25) is 0 Å². The fourth-order valence-electron chi connectivity index (χ4n) is 2.94. The highest BCUT2D eigenvalue weighted by Gasteiger charge is 2.37. The van der Waals surface area contributed by atoms with Gasteiger partial charge in [-0.2, -0.15) is 5.10 Å². The molecule has 0 saturated heterocycles. The first-order chi connectivity index (χ1) is 14.7. The largest absolute Gasteiger partial charge is 0.462 e. The lowest BCUT2D eigenvalue weighted by atomic mass is 10.1. The first-order valence-corrected chi connectivity index (χ1v) is 9.43. The van der Waals surface area contributed by atoms with E-state index < -0.39 is 11.8 Å². The number of esters is 1. The molecule has 0 bridgehead atoms. The summed E-state index contributed by atoms with van der Waals surface area (Å²) in [6.07, 6.45) is 4.93. The van der Waals surface area contributed by atoms with E-state index in [0.29, 0.717) is 11.3 Å². The summed E-state index contributed by atoms with van der Waals surface area (Å²) in [5.74, 6) is -1.21. The molecule has 3 aromatic rings. The molecule has 1 aromatic heterocycles. The lowest BCUT2D eigenvalue weighted by Crippen LogP contribution is -2.16. The summed E-state index contributed by atoms with van der Waals surface area (Å²) in [5.41, 5.74) is 2.06. The van der Waals surface area contributed by atoms with Crippen molar-refractivity contribution < 1.29 is 19.1 Å². The van der Waals surface area contributed by atoms with E-state index >= 15 is 0 Å². The second kappa shape index (κ2) is 8.48. The zero-order valence-corrected chi connectivity index (χ0v) is 16.2. The number of ether oxygens (including phenoxy) is 2. The van der Waals surface area contributed by atoms with E-state index in [2.05, 4.69) is 10.4 Å². The van der Waals surface area contributed by atoms with Gasteiger partial charge in [-0.25, -0.2) is 9.48 Å². The predicted molar refractivity (Wildman–Crippen MR) is 111 cm³/mol. The van der Waals surface area contributed by atoms with Crippen molar-refractivity contribution in [2.24, 2.45) is 0 Å². The Hall–Kier alpha value is -4.13. The summed E-state index contributed by atoms with van der Waals surface area (Å²) < 4.78 is 12.5. The summed E-state index contributed by atoms with van der Waals surface area (Å²) in [6, 6.07) is 18.7. The number of Topliss-reactive ketones (excluding diaryl/α,β-unsaturated/α-hetero) is 1. The summed E-state index contributed by atoms with van der Waals surface area (Å²) >= 11 is 0. The fraction of sp³-hybridized carbons (Fsp3) is 0.0870. The van der Waals surface area contributed by atoms with Crippen LogP contribution in [0.15, 0.2) is 90.3 Å². The maximum Gasteiger partial charge on any atom is 0.347 e. The molecule has 7 heteroatoms. The van der Waals surface area contributed by atoms with Gasteiger partial charge in [-0.15, -0.1) is 0 Å². The molecule has 7 nitrogen and oxygen atoms in total. The van der Waals surface area contributed by atoms with Crippen molar-refractivity contribution in [2.75, 3.05) is 11.9 Å². The van der Waals surface area contributed by atoms with Crippen molar-refractivity contribution in [2.45, 2.75) is 6.92 Å². The molecule has 30 heavy (non-hydrogen) atoms. The van der Waals surface area contributed by atoms with Gasteiger partial charge in [0.05, 0.1) is 18.5 Å². The number of carbonyl (C=O) groups is 2. The summed E-state index contributed by atoms with van der Waals surface area (Å²) in [4.78, 5) is 25.3. The highest BCUT2D eigenvalue weighted by molar-refractivity contribution is 6.26. The van der Waals surface area contributed by atoms with Gasteiger partial charge in [0.2, 0.25) is 11.7 Å². The number of allylic oxidation sites excluding steroid dienone is 1. The lowest BCUT2D eigenvalue weighted by Gasteiger charge is -2.08. The number of para-hydroxylation sites is 2. The number of nitrogens with one attached hydrogen (secondary N) is 1. The standard InChI is InChI=1S/C23H19N3O4/c1-2-29-23(28)20-21(27)19(30-22(20)25-17-9-5-3-6-10-17)13-16-14-24-26(15-16)18-11-7-4-8-12-18/h3-15,25H,2H2,1H3/b19-13-. The second-order valence-corrected chi connectivity index (χ2v) is 6.41. The second-order valence-electron chi connectivity index (χ2n) is 6.41. The molecule has 0 spiro atoms. The number of ketones is 1. The molecular formula is C23H19N3O4. The number of anilines is 1. The van der Waals surface area contributed by atoms with Gasteiger partial charge in [0.1, 0.15) is 0 Å². The summed E-state index contributed by atoms with van der Waals surface area (Å²) in [7, 11) is 0. The van der Waals surface area contributed by atoms with Crippen molar-refractivity contribution in [3.05, 3.63) is 95.8 Å². The van der Waals surface area contributed by atoms with E-state index in [1.54, 1.807) is 42.2 Å². The van der Waals surface area contributed by atoms with Crippen molar-refractivity contribution in [1.82, 2.24) is 9.78 Å². The molecule has 1 N–H and O–H groups in total. The minimum Gasteiger partial charge on any atom is -0.462 e. The van der Waals surface area contributed by atoms with E-state index in [0.717, 1.165) is 5.69 Å².